The van der Waals surface area contributed by atoms with Gasteiger partial charge in [-0.25, -0.2) is 8.78 Å². The molecule has 3 atom stereocenters. The smallest absolute Gasteiger partial charge is 0.234 e. The minimum Gasteiger partial charge on any atom is -0.392 e. The Hall–Kier alpha value is -2.31. The molecule has 0 aromatic heterocycles. The van der Waals surface area contributed by atoms with Crippen molar-refractivity contribution in [2.75, 3.05) is 6.54 Å². The number of aliphatic hydroxyl groups excluding tert-OH is 1. The lowest BCUT2D eigenvalue weighted by Crippen LogP contribution is -2.41. The number of rotatable bonds is 4. The van der Waals surface area contributed by atoms with E-state index in [0.29, 0.717) is 18.5 Å². The van der Waals surface area contributed by atoms with Crippen molar-refractivity contribution in [3.63, 3.8) is 0 Å². The summed E-state index contributed by atoms with van der Waals surface area (Å²) in [5, 5.41) is 9.84. The number of likely N-dealkylation sites (tertiary alicyclic amines) is 1. The molecule has 1 aliphatic heterocycles. The summed E-state index contributed by atoms with van der Waals surface area (Å²) >= 11 is 0. The van der Waals surface area contributed by atoms with E-state index in [9.17, 15) is 18.7 Å². The highest BCUT2D eigenvalue weighted by Crippen LogP contribution is 2.31. The van der Waals surface area contributed by atoms with Gasteiger partial charge in [-0.1, -0.05) is 36.4 Å². The zero-order chi connectivity index (χ0) is 18.1. The average Bonchev–Trinajstić information content (AvgIpc) is 2.99. The van der Waals surface area contributed by atoms with Crippen LogP contribution in [-0.2, 0) is 4.79 Å². The van der Waals surface area contributed by atoms with Crippen LogP contribution >= 0.6 is 0 Å². The Bertz CT molecular complexity index is 779. The van der Waals surface area contributed by atoms with Crippen LogP contribution < -0.4 is 5.73 Å². The average molecular weight is 346 g/mol. The number of nitrogens with two attached hydrogens (primary N) is 1. The molecular weight excluding hydrogens is 326 g/mol. The van der Waals surface area contributed by atoms with Crippen LogP contribution in [-0.4, -0.2) is 34.6 Å². The number of amides is 1. The van der Waals surface area contributed by atoms with E-state index in [2.05, 4.69) is 0 Å². The lowest BCUT2D eigenvalue weighted by molar-refractivity contribution is -0.122. The number of hydrogen-bond donors (Lipinski definition) is 2. The van der Waals surface area contributed by atoms with E-state index >= 15 is 0 Å². The number of carbonyl (C=O) groups is 1. The molecule has 2 unspecified atom stereocenters. The quantitative estimate of drug-likeness (QED) is 0.894. The van der Waals surface area contributed by atoms with Gasteiger partial charge in [-0.15, -0.1) is 0 Å². The highest BCUT2D eigenvalue weighted by Gasteiger charge is 2.37. The number of primary amides is 1. The zero-order valence-electron chi connectivity index (χ0n) is 13.8. The Balaban J connectivity index is 1.85. The third-order valence-electron chi connectivity index (χ3n) is 4.80. The van der Waals surface area contributed by atoms with Gasteiger partial charge in [0.25, 0.3) is 0 Å². The molecule has 0 aliphatic carbocycles. The highest BCUT2D eigenvalue weighted by atomic mass is 19.2. The number of nitrogens with zero attached hydrogens (tertiary/aromatic N) is 1. The molecule has 0 radical (unpaired) electrons. The van der Waals surface area contributed by atoms with Gasteiger partial charge in [-0.3, -0.25) is 9.69 Å². The minimum absolute atomic E-state index is 0.138. The molecule has 0 saturated carbocycles. The maximum atomic E-state index is 13.9. The van der Waals surface area contributed by atoms with E-state index in [4.69, 9.17) is 5.73 Å². The third-order valence-corrected chi connectivity index (χ3v) is 4.80. The van der Waals surface area contributed by atoms with Gasteiger partial charge < -0.3 is 10.8 Å². The van der Waals surface area contributed by atoms with Gasteiger partial charge in [0.2, 0.25) is 5.91 Å². The summed E-state index contributed by atoms with van der Waals surface area (Å²) in [6.45, 7) is 2.29. The van der Waals surface area contributed by atoms with Gasteiger partial charge >= 0.3 is 0 Å². The van der Waals surface area contributed by atoms with Gasteiger partial charge in [0.15, 0.2) is 11.6 Å². The molecule has 1 fully saturated rings. The fraction of sp³-hybridized carbons (Fsp3) is 0.316. The minimum atomic E-state index is -0.884. The second kappa shape index (κ2) is 6.90. The number of carbonyl (C=O) groups excluding carboxylic acids is 1. The summed E-state index contributed by atoms with van der Waals surface area (Å²) in [7, 11) is 0. The first-order valence-corrected chi connectivity index (χ1v) is 8.16. The lowest BCUT2D eigenvalue weighted by Gasteiger charge is -2.29. The summed E-state index contributed by atoms with van der Waals surface area (Å²) in [5.41, 5.74) is 7.10. The van der Waals surface area contributed by atoms with Crippen LogP contribution in [0.5, 0.6) is 0 Å². The van der Waals surface area contributed by atoms with Crippen molar-refractivity contribution >= 4 is 5.91 Å². The summed E-state index contributed by atoms with van der Waals surface area (Å²) in [6.07, 6.45) is -0.257. The van der Waals surface area contributed by atoms with Crippen LogP contribution in [0.3, 0.4) is 0 Å². The molecule has 0 bridgehead atoms. The van der Waals surface area contributed by atoms with Crippen molar-refractivity contribution in [3.05, 3.63) is 59.7 Å². The van der Waals surface area contributed by atoms with E-state index < -0.39 is 29.7 Å². The molecule has 6 heteroatoms. The maximum absolute atomic E-state index is 13.9. The molecule has 2 aromatic rings. The fourth-order valence-electron chi connectivity index (χ4n) is 3.41. The van der Waals surface area contributed by atoms with Crippen molar-refractivity contribution in [1.82, 2.24) is 4.90 Å². The topological polar surface area (TPSA) is 66.6 Å². The molecule has 1 heterocycles. The van der Waals surface area contributed by atoms with Crippen molar-refractivity contribution < 1.29 is 18.7 Å². The molecule has 1 saturated heterocycles. The number of β-amino-alcohol motifs (C(OH)–C–C–N with tert-alkyl or cyclic N) is 1. The highest BCUT2D eigenvalue weighted by molar-refractivity contribution is 5.80. The second-order valence-electron chi connectivity index (χ2n) is 6.40. The van der Waals surface area contributed by atoms with Crippen LogP contribution in [0.1, 0.15) is 24.9 Å². The fourth-order valence-corrected chi connectivity index (χ4v) is 3.41. The Morgan fingerprint density at radius 2 is 1.92 bits per heavy atom. The molecule has 1 amide bonds. The predicted molar refractivity (Wildman–Crippen MR) is 90.5 cm³/mol. The monoisotopic (exact) mass is 346 g/mol. The number of benzene rings is 2. The summed E-state index contributed by atoms with van der Waals surface area (Å²) in [4.78, 5) is 13.5. The molecule has 132 valence electrons. The van der Waals surface area contributed by atoms with Gasteiger partial charge in [-0.05, 0) is 30.5 Å². The third kappa shape index (κ3) is 3.41. The van der Waals surface area contributed by atoms with Gasteiger partial charge in [-0.2, -0.15) is 0 Å². The van der Waals surface area contributed by atoms with Crippen LogP contribution in [0.25, 0.3) is 11.1 Å². The van der Waals surface area contributed by atoms with Crippen LogP contribution in [0.2, 0.25) is 0 Å². The van der Waals surface area contributed by atoms with E-state index in [0.717, 1.165) is 11.6 Å². The van der Waals surface area contributed by atoms with E-state index in [1.54, 1.807) is 12.1 Å². The molecule has 3 rings (SSSR count). The zero-order valence-corrected chi connectivity index (χ0v) is 13.8. The summed E-state index contributed by atoms with van der Waals surface area (Å²) in [6, 6.07) is 10.5. The van der Waals surface area contributed by atoms with Crippen molar-refractivity contribution in [1.29, 1.82) is 0 Å². The molecule has 0 spiro atoms. The lowest BCUT2D eigenvalue weighted by atomic mass is 10.00. The molecule has 2 aromatic carbocycles. The van der Waals surface area contributed by atoms with Crippen LogP contribution in [0, 0.1) is 11.6 Å². The van der Waals surface area contributed by atoms with Gasteiger partial charge in [0.05, 0.1) is 12.1 Å². The molecule has 3 N–H and O–H groups in total. The number of aliphatic hydroxyl groups is 1. The van der Waals surface area contributed by atoms with Crippen molar-refractivity contribution in [2.45, 2.75) is 31.5 Å². The first-order valence-electron chi connectivity index (χ1n) is 8.16. The van der Waals surface area contributed by atoms with E-state index in [1.807, 2.05) is 24.0 Å². The predicted octanol–water partition coefficient (Wildman–Crippen LogP) is 2.61. The summed E-state index contributed by atoms with van der Waals surface area (Å²) < 4.78 is 27.3. The number of hydrogen-bond acceptors (Lipinski definition) is 3. The normalized spacial score (nSPS) is 22.1. The number of halogens is 2. The van der Waals surface area contributed by atoms with Crippen molar-refractivity contribution in [3.8, 4) is 11.1 Å². The largest absolute Gasteiger partial charge is 0.392 e. The Labute approximate surface area is 144 Å². The van der Waals surface area contributed by atoms with Crippen LogP contribution in [0.15, 0.2) is 42.5 Å². The van der Waals surface area contributed by atoms with Crippen LogP contribution in [0.4, 0.5) is 8.78 Å². The standard InChI is InChI=1S/C19H20F2N2O2/c1-11(23-10-14(24)9-17(23)19(22)25)12-5-7-13(8-6-12)15-3-2-4-16(20)18(15)21/h2-8,11,14,17,24H,9-10H2,1H3,(H2,22,25)/t11-,14?,17?/m0/s1. The molecule has 4 nitrogen and oxygen atoms in total. The first-order chi connectivity index (χ1) is 11.9. The van der Waals surface area contributed by atoms with E-state index in [-0.39, 0.29) is 11.6 Å². The molecule has 25 heavy (non-hydrogen) atoms. The van der Waals surface area contributed by atoms with Gasteiger partial charge in [0, 0.05) is 18.2 Å². The van der Waals surface area contributed by atoms with Crippen molar-refractivity contribution in [2.24, 2.45) is 5.73 Å². The first kappa shape index (κ1) is 17.5. The summed E-state index contributed by atoms with van der Waals surface area (Å²) in [5.74, 6) is -2.22. The Morgan fingerprint density at radius 1 is 1.24 bits per heavy atom. The van der Waals surface area contributed by atoms with Gasteiger partial charge in [0.1, 0.15) is 0 Å². The maximum Gasteiger partial charge on any atom is 0.234 e. The second-order valence-corrected chi connectivity index (χ2v) is 6.40. The molecular formula is C19H20F2N2O2. The van der Waals surface area contributed by atoms with E-state index in [1.165, 1.54) is 12.1 Å². The SMILES string of the molecule is C[C@@H](c1ccc(-c2cccc(F)c2F)cc1)N1CC(O)CC1C(N)=O. The molecule has 1 aliphatic rings. The Morgan fingerprint density at radius 3 is 2.56 bits per heavy atom. The Kier molecular flexibility index (Phi) is 4.83.